The summed E-state index contributed by atoms with van der Waals surface area (Å²) in [6.07, 6.45) is 4.63. The lowest BCUT2D eigenvalue weighted by Crippen LogP contribution is -2.39. The van der Waals surface area contributed by atoms with Gasteiger partial charge in [0.15, 0.2) is 11.5 Å². The van der Waals surface area contributed by atoms with Crippen molar-refractivity contribution in [3.05, 3.63) is 30.6 Å². The third kappa shape index (κ3) is 3.09. The lowest BCUT2D eigenvalue weighted by molar-refractivity contribution is 0.245. The van der Waals surface area contributed by atoms with Gasteiger partial charge in [-0.2, -0.15) is 19.3 Å². The zero-order valence-corrected chi connectivity index (χ0v) is 14.4. The maximum absolute atomic E-state index is 12.8. The van der Waals surface area contributed by atoms with Crippen molar-refractivity contribution in [2.45, 2.75) is 23.8 Å². The molecule has 1 fully saturated rings. The van der Waals surface area contributed by atoms with Gasteiger partial charge in [-0.1, -0.05) is 0 Å². The quantitative estimate of drug-likeness (QED) is 0.807. The van der Waals surface area contributed by atoms with Crippen molar-refractivity contribution in [3.8, 4) is 11.5 Å². The molecule has 0 amide bonds. The Bertz CT molecular complexity index is 784. The van der Waals surface area contributed by atoms with E-state index in [-0.39, 0.29) is 10.9 Å². The number of aromatic nitrogens is 3. The van der Waals surface area contributed by atoms with Crippen LogP contribution in [-0.2, 0) is 10.0 Å². The van der Waals surface area contributed by atoms with E-state index in [0.29, 0.717) is 37.4 Å². The molecule has 130 valence electrons. The summed E-state index contributed by atoms with van der Waals surface area (Å²) in [6, 6.07) is 4.77. The molecule has 1 aromatic carbocycles. The molecule has 8 nitrogen and oxygen atoms in total. The highest BCUT2D eigenvalue weighted by Crippen LogP contribution is 2.32. The second kappa shape index (κ2) is 6.78. The molecule has 1 aliphatic heterocycles. The standard InChI is InChI=1S/C15H20N4O4S/c1-22-14-4-3-13(11-15(14)23-2)24(20,21)18-9-5-12(6-10-18)19-16-7-8-17-19/h3-4,7-8,11-12H,5-6,9-10H2,1-2H3. The molecule has 1 aromatic heterocycles. The molecule has 0 spiro atoms. The molecule has 2 aromatic rings. The summed E-state index contributed by atoms with van der Waals surface area (Å²) in [5, 5.41) is 8.27. The smallest absolute Gasteiger partial charge is 0.243 e. The number of methoxy groups -OCH3 is 2. The molecule has 9 heteroatoms. The monoisotopic (exact) mass is 352 g/mol. The second-order valence-electron chi connectivity index (χ2n) is 5.50. The Hall–Kier alpha value is -2.13. The first-order chi connectivity index (χ1) is 11.6. The normalized spacial score (nSPS) is 16.9. The molecule has 0 bridgehead atoms. The Morgan fingerprint density at radius 2 is 1.67 bits per heavy atom. The minimum absolute atomic E-state index is 0.136. The lowest BCUT2D eigenvalue weighted by atomic mass is 10.1. The number of hydrogen-bond donors (Lipinski definition) is 0. The minimum atomic E-state index is -3.56. The molecule has 1 saturated heterocycles. The number of ether oxygens (including phenoxy) is 2. The van der Waals surface area contributed by atoms with Crippen LogP contribution in [0.25, 0.3) is 0 Å². The summed E-state index contributed by atoms with van der Waals surface area (Å²) >= 11 is 0. The number of hydrogen-bond acceptors (Lipinski definition) is 6. The van der Waals surface area contributed by atoms with Crippen molar-refractivity contribution in [2.75, 3.05) is 27.3 Å². The average Bonchev–Trinajstić information content (AvgIpc) is 3.15. The Kier molecular flexibility index (Phi) is 4.72. The first-order valence-corrected chi connectivity index (χ1v) is 9.08. The molecular weight excluding hydrogens is 332 g/mol. The topological polar surface area (TPSA) is 86.6 Å². The van der Waals surface area contributed by atoms with Crippen LogP contribution in [0, 0.1) is 0 Å². The van der Waals surface area contributed by atoms with Gasteiger partial charge in [0.05, 0.1) is 37.6 Å². The predicted molar refractivity (Wildman–Crippen MR) is 86.6 cm³/mol. The van der Waals surface area contributed by atoms with E-state index in [9.17, 15) is 8.42 Å². The van der Waals surface area contributed by atoms with Gasteiger partial charge >= 0.3 is 0 Å². The zero-order chi connectivity index (χ0) is 17.2. The molecule has 0 atom stereocenters. The van der Waals surface area contributed by atoms with Gasteiger partial charge in [0, 0.05) is 19.2 Å². The molecule has 0 N–H and O–H groups in total. The fraction of sp³-hybridized carbons (Fsp3) is 0.467. The van der Waals surface area contributed by atoms with Gasteiger partial charge in [0.1, 0.15) is 0 Å². The predicted octanol–water partition coefficient (Wildman–Crippen LogP) is 1.32. The van der Waals surface area contributed by atoms with Gasteiger partial charge in [0.25, 0.3) is 0 Å². The molecule has 0 aliphatic carbocycles. The van der Waals surface area contributed by atoms with Crippen LogP contribution in [-0.4, -0.2) is 55.0 Å². The van der Waals surface area contributed by atoms with E-state index in [2.05, 4.69) is 10.2 Å². The number of nitrogens with zero attached hydrogens (tertiary/aromatic N) is 4. The van der Waals surface area contributed by atoms with Gasteiger partial charge < -0.3 is 9.47 Å². The van der Waals surface area contributed by atoms with Crippen molar-refractivity contribution in [1.29, 1.82) is 0 Å². The highest BCUT2D eigenvalue weighted by Gasteiger charge is 2.31. The molecule has 0 unspecified atom stereocenters. The van der Waals surface area contributed by atoms with E-state index >= 15 is 0 Å². The SMILES string of the molecule is COc1ccc(S(=O)(=O)N2CCC(n3nccn3)CC2)cc1OC. The molecule has 1 aliphatic rings. The lowest BCUT2D eigenvalue weighted by Gasteiger charge is -2.30. The number of rotatable bonds is 5. The summed E-state index contributed by atoms with van der Waals surface area (Å²) in [5.74, 6) is 0.897. The third-order valence-corrected chi connectivity index (χ3v) is 6.07. The van der Waals surface area contributed by atoms with Crippen LogP contribution in [0.3, 0.4) is 0 Å². The van der Waals surface area contributed by atoms with Crippen LogP contribution in [0.4, 0.5) is 0 Å². The minimum Gasteiger partial charge on any atom is -0.493 e. The molecular formula is C15H20N4O4S. The van der Waals surface area contributed by atoms with Crippen LogP contribution >= 0.6 is 0 Å². The Labute approximate surface area is 141 Å². The van der Waals surface area contributed by atoms with Crippen molar-refractivity contribution in [1.82, 2.24) is 19.3 Å². The second-order valence-corrected chi connectivity index (χ2v) is 7.44. The van der Waals surface area contributed by atoms with E-state index in [0.717, 1.165) is 0 Å². The Morgan fingerprint density at radius 1 is 1.04 bits per heavy atom. The first-order valence-electron chi connectivity index (χ1n) is 7.64. The average molecular weight is 352 g/mol. The van der Waals surface area contributed by atoms with E-state index < -0.39 is 10.0 Å². The summed E-state index contributed by atoms with van der Waals surface area (Å²) in [5.41, 5.74) is 0. The van der Waals surface area contributed by atoms with Gasteiger partial charge in [-0.25, -0.2) is 8.42 Å². The highest BCUT2D eigenvalue weighted by atomic mass is 32.2. The van der Waals surface area contributed by atoms with Crippen LogP contribution in [0.15, 0.2) is 35.5 Å². The van der Waals surface area contributed by atoms with Crippen molar-refractivity contribution in [2.24, 2.45) is 0 Å². The first kappa shape index (κ1) is 16.7. The van der Waals surface area contributed by atoms with Crippen LogP contribution in [0.5, 0.6) is 11.5 Å². The summed E-state index contributed by atoms with van der Waals surface area (Å²) in [6.45, 7) is 0.867. The summed E-state index contributed by atoms with van der Waals surface area (Å²) < 4.78 is 37.5. The third-order valence-electron chi connectivity index (χ3n) is 4.18. The van der Waals surface area contributed by atoms with Crippen molar-refractivity contribution < 1.29 is 17.9 Å². The molecule has 24 heavy (non-hydrogen) atoms. The maximum Gasteiger partial charge on any atom is 0.243 e. The Morgan fingerprint density at radius 3 is 2.25 bits per heavy atom. The molecule has 0 radical (unpaired) electrons. The van der Waals surface area contributed by atoms with Crippen LogP contribution < -0.4 is 9.47 Å². The summed E-state index contributed by atoms with van der Waals surface area (Å²) in [7, 11) is -0.567. The van der Waals surface area contributed by atoms with Crippen molar-refractivity contribution in [3.63, 3.8) is 0 Å². The zero-order valence-electron chi connectivity index (χ0n) is 13.6. The van der Waals surface area contributed by atoms with Crippen molar-refractivity contribution >= 4 is 10.0 Å². The van der Waals surface area contributed by atoms with Gasteiger partial charge in [0.2, 0.25) is 10.0 Å². The van der Waals surface area contributed by atoms with E-state index in [1.165, 1.54) is 30.7 Å². The summed E-state index contributed by atoms with van der Waals surface area (Å²) in [4.78, 5) is 1.86. The number of benzene rings is 1. The van der Waals surface area contributed by atoms with Crippen LogP contribution in [0.2, 0.25) is 0 Å². The number of piperidine rings is 1. The highest BCUT2D eigenvalue weighted by molar-refractivity contribution is 7.89. The fourth-order valence-corrected chi connectivity index (χ4v) is 4.34. The van der Waals surface area contributed by atoms with Gasteiger partial charge in [-0.15, -0.1) is 0 Å². The molecule has 2 heterocycles. The van der Waals surface area contributed by atoms with E-state index in [1.54, 1.807) is 23.3 Å². The van der Waals surface area contributed by atoms with E-state index in [4.69, 9.17) is 9.47 Å². The van der Waals surface area contributed by atoms with Crippen LogP contribution in [0.1, 0.15) is 18.9 Å². The molecule has 3 rings (SSSR count). The maximum atomic E-state index is 12.8. The van der Waals surface area contributed by atoms with Gasteiger partial charge in [-0.3, -0.25) is 0 Å². The van der Waals surface area contributed by atoms with E-state index in [1.807, 2.05) is 0 Å². The fourth-order valence-electron chi connectivity index (χ4n) is 2.85. The largest absolute Gasteiger partial charge is 0.493 e. The Balaban J connectivity index is 1.77. The molecule has 0 saturated carbocycles. The van der Waals surface area contributed by atoms with Gasteiger partial charge in [-0.05, 0) is 25.0 Å². The number of sulfonamides is 1.